The smallest absolute Gasteiger partial charge is 0.338 e. The predicted octanol–water partition coefficient (Wildman–Crippen LogP) is 2.56. The van der Waals surface area contributed by atoms with Crippen LogP contribution in [0.3, 0.4) is 0 Å². The molecule has 1 heterocycles. The normalized spacial score (nSPS) is 11.7. The number of hydrogen-bond acceptors (Lipinski definition) is 7. The Labute approximate surface area is 166 Å². The van der Waals surface area contributed by atoms with E-state index in [0.717, 1.165) is 5.56 Å². The van der Waals surface area contributed by atoms with Gasteiger partial charge in [-0.15, -0.1) is 0 Å². The fourth-order valence-corrected chi connectivity index (χ4v) is 2.84. The standard InChI is InChI=1S/C19H18ClNO7/c1-24-16-7-12(6-13(20)18(16)25-2)19(23)26-9-17(22)21-8-11-3-4-14-15(5-11)28-10-27-14/h3-7H,8-10H2,1-2H3,(H,21,22). The monoisotopic (exact) mass is 407 g/mol. The van der Waals surface area contributed by atoms with Gasteiger partial charge in [-0.05, 0) is 29.8 Å². The zero-order valence-corrected chi connectivity index (χ0v) is 16.0. The third-order valence-corrected chi connectivity index (χ3v) is 4.21. The molecule has 0 saturated heterocycles. The van der Waals surface area contributed by atoms with Gasteiger partial charge in [0.15, 0.2) is 29.6 Å². The molecule has 0 fully saturated rings. The number of nitrogens with one attached hydrogen (secondary N) is 1. The Bertz CT molecular complexity index is 900. The fourth-order valence-electron chi connectivity index (χ4n) is 2.55. The Morgan fingerprint density at radius 1 is 1.11 bits per heavy atom. The lowest BCUT2D eigenvalue weighted by molar-refractivity contribution is -0.124. The number of carbonyl (C=O) groups is 2. The highest BCUT2D eigenvalue weighted by atomic mass is 35.5. The van der Waals surface area contributed by atoms with Crippen LogP contribution >= 0.6 is 11.6 Å². The van der Waals surface area contributed by atoms with Crippen molar-refractivity contribution in [1.29, 1.82) is 0 Å². The summed E-state index contributed by atoms with van der Waals surface area (Å²) in [6.07, 6.45) is 0. The zero-order chi connectivity index (χ0) is 20.1. The first-order valence-corrected chi connectivity index (χ1v) is 8.63. The average Bonchev–Trinajstić information content (AvgIpc) is 3.17. The van der Waals surface area contributed by atoms with E-state index in [9.17, 15) is 9.59 Å². The van der Waals surface area contributed by atoms with Gasteiger partial charge in [0.1, 0.15) is 0 Å². The Morgan fingerprint density at radius 2 is 1.89 bits per heavy atom. The molecule has 148 valence electrons. The highest BCUT2D eigenvalue weighted by Gasteiger charge is 2.17. The maximum Gasteiger partial charge on any atom is 0.338 e. The van der Waals surface area contributed by atoms with E-state index < -0.39 is 18.5 Å². The SMILES string of the molecule is COc1cc(C(=O)OCC(=O)NCc2ccc3c(c2)OCO3)cc(Cl)c1OC. The summed E-state index contributed by atoms with van der Waals surface area (Å²) in [5.41, 5.74) is 0.974. The molecular formula is C19H18ClNO7. The maximum atomic E-state index is 12.2. The molecule has 1 amide bonds. The van der Waals surface area contributed by atoms with Crippen molar-refractivity contribution in [2.24, 2.45) is 0 Å². The van der Waals surface area contributed by atoms with Gasteiger partial charge in [0, 0.05) is 6.54 Å². The highest BCUT2D eigenvalue weighted by molar-refractivity contribution is 6.32. The molecule has 2 aromatic rings. The van der Waals surface area contributed by atoms with Crippen LogP contribution in [0.2, 0.25) is 5.02 Å². The van der Waals surface area contributed by atoms with Gasteiger partial charge in [0.2, 0.25) is 6.79 Å². The predicted molar refractivity (Wildman–Crippen MR) is 99.3 cm³/mol. The molecule has 1 N–H and O–H groups in total. The van der Waals surface area contributed by atoms with Crippen molar-refractivity contribution < 1.29 is 33.3 Å². The summed E-state index contributed by atoms with van der Waals surface area (Å²) in [7, 11) is 2.86. The molecule has 0 unspecified atom stereocenters. The number of rotatable bonds is 7. The van der Waals surface area contributed by atoms with Crippen molar-refractivity contribution in [3.8, 4) is 23.0 Å². The van der Waals surface area contributed by atoms with Crippen LogP contribution in [0, 0.1) is 0 Å². The van der Waals surface area contributed by atoms with E-state index in [-0.39, 0.29) is 29.7 Å². The van der Waals surface area contributed by atoms with Crippen LogP contribution in [-0.2, 0) is 16.1 Å². The summed E-state index contributed by atoms with van der Waals surface area (Å²) < 4.78 is 25.8. The van der Waals surface area contributed by atoms with Gasteiger partial charge >= 0.3 is 5.97 Å². The second-order valence-corrected chi connectivity index (χ2v) is 6.14. The molecule has 0 aliphatic carbocycles. The Morgan fingerprint density at radius 3 is 2.64 bits per heavy atom. The van der Waals surface area contributed by atoms with E-state index in [0.29, 0.717) is 17.2 Å². The molecule has 1 aliphatic rings. The lowest BCUT2D eigenvalue weighted by Crippen LogP contribution is -2.28. The molecule has 9 heteroatoms. The first-order valence-electron chi connectivity index (χ1n) is 8.25. The highest BCUT2D eigenvalue weighted by Crippen LogP contribution is 2.36. The minimum Gasteiger partial charge on any atom is -0.493 e. The van der Waals surface area contributed by atoms with Crippen LogP contribution in [-0.4, -0.2) is 39.5 Å². The molecular weight excluding hydrogens is 390 g/mol. The van der Waals surface area contributed by atoms with Crippen LogP contribution in [0.5, 0.6) is 23.0 Å². The van der Waals surface area contributed by atoms with Crippen LogP contribution < -0.4 is 24.3 Å². The van der Waals surface area contributed by atoms with Crippen molar-refractivity contribution in [2.45, 2.75) is 6.54 Å². The van der Waals surface area contributed by atoms with Crippen molar-refractivity contribution >= 4 is 23.5 Å². The fraction of sp³-hybridized carbons (Fsp3) is 0.263. The van der Waals surface area contributed by atoms with Crippen molar-refractivity contribution in [1.82, 2.24) is 5.32 Å². The van der Waals surface area contributed by atoms with Crippen LogP contribution in [0.25, 0.3) is 0 Å². The molecule has 0 atom stereocenters. The molecule has 0 spiro atoms. The van der Waals surface area contributed by atoms with E-state index in [1.54, 1.807) is 12.1 Å². The van der Waals surface area contributed by atoms with Gasteiger partial charge in [-0.2, -0.15) is 0 Å². The van der Waals surface area contributed by atoms with Gasteiger partial charge in [0.05, 0.1) is 24.8 Å². The van der Waals surface area contributed by atoms with Crippen LogP contribution in [0.4, 0.5) is 0 Å². The molecule has 0 radical (unpaired) electrons. The third-order valence-electron chi connectivity index (χ3n) is 3.93. The van der Waals surface area contributed by atoms with E-state index in [1.807, 2.05) is 6.07 Å². The summed E-state index contributed by atoms with van der Waals surface area (Å²) in [5.74, 6) is 0.733. The van der Waals surface area contributed by atoms with E-state index in [2.05, 4.69) is 5.32 Å². The molecule has 1 aliphatic heterocycles. The number of fused-ring (bicyclic) bond motifs is 1. The van der Waals surface area contributed by atoms with Crippen LogP contribution in [0.15, 0.2) is 30.3 Å². The summed E-state index contributed by atoms with van der Waals surface area (Å²) in [5, 5.41) is 2.86. The maximum absolute atomic E-state index is 12.2. The first kappa shape index (κ1) is 19.6. The quantitative estimate of drug-likeness (QED) is 0.705. The topological polar surface area (TPSA) is 92.3 Å². The van der Waals surface area contributed by atoms with Gasteiger partial charge in [-0.1, -0.05) is 17.7 Å². The van der Waals surface area contributed by atoms with Gasteiger partial charge in [-0.3, -0.25) is 4.79 Å². The van der Waals surface area contributed by atoms with E-state index in [1.165, 1.54) is 26.4 Å². The summed E-state index contributed by atoms with van der Waals surface area (Å²) in [6.45, 7) is 0.00577. The lowest BCUT2D eigenvalue weighted by atomic mass is 10.2. The molecule has 2 aromatic carbocycles. The van der Waals surface area contributed by atoms with E-state index in [4.69, 9.17) is 35.3 Å². The zero-order valence-electron chi connectivity index (χ0n) is 15.2. The van der Waals surface area contributed by atoms with Crippen molar-refractivity contribution in [2.75, 3.05) is 27.6 Å². The third kappa shape index (κ3) is 4.40. The Kier molecular flexibility index (Phi) is 6.10. The molecule has 28 heavy (non-hydrogen) atoms. The first-order chi connectivity index (χ1) is 13.5. The van der Waals surface area contributed by atoms with Crippen LogP contribution in [0.1, 0.15) is 15.9 Å². The average molecular weight is 408 g/mol. The minimum absolute atomic E-state index is 0.145. The number of halogens is 1. The van der Waals surface area contributed by atoms with Crippen molar-refractivity contribution in [3.05, 3.63) is 46.5 Å². The summed E-state index contributed by atoms with van der Waals surface area (Å²) >= 11 is 6.07. The number of amides is 1. The number of benzene rings is 2. The van der Waals surface area contributed by atoms with Crippen molar-refractivity contribution in [3.63, 3.8) is 0 Å². The molecule has 3 rings (SSSR count). The van der Waals surface area contributed by atoms with Gasteiger partial charge in [-0.25, -0.2) is 4.79 Å². The second kappa shape index (κ2) is 8.71. The molecule has 0 aromatic heterocycles. The largest absolute Gasteiger partial charge is 0.493 e. The summed E-state index contributed by atoms with van der Waals surface area (Å²) in [4.78, 5) is 24.1. The number of esters is 1. The van der Waals surface area contributed by atoms with Gasteiger partial charge in [0.25, 0.3) is 5.91 Å². The molecule has 0 bridgehead atoms. The number of carbonyl (C=O) groups excluding carboxylic acids is 2. The second-order valence-electron chi connectivity index (χ2n) is 5.73. The number of hydrogen-bond donors (Lipinski definition) is 1. The summed E-state index contributed by atoms with van der Waals surface area (Å²) in [6, 6.07) is 8.17. The molecule has 8 nitrogen and oxygen atoms in total. The van der Waals surface area contributed by atoms with E-state index >= 15 is 0 Å². The number of methoxy groups -OCH3 is 2. The Balaban J connectivity index is 1.53. The lowest BCUT2D eigenvalue weighted by Gasteiger charge is -2.11. The Hall–Kier alpha value is -3.13. The van der Waals surface area contributed by atoms with Gasteiger partial charge < -0.3 is 29.0 Å². The molecule has 0 saturated carbocycles. The minimum atomic E-state index is -0.707. The number of ether oxygens (including phenoxy) is 5.